The fraction of sp³-hybridized carbons (Fsp3) is 1.00. The quantitative estimate of drug-likeness (QED) is 0.769. The maximum atomic E-state index is 3.61. The molecular weight excluding hydrogens is 184 g/mol. The average molecular weight is 210 g/mol. The van der Waals surface area contributed by atoms with Gasteiger partial charge >= 0.3 is 0 Å². The molecule has 0 atom stereocenters. The van der Waals surface area contributed by atoms with Crippen LogP contribution in [0.2, 0.25) is 0 Å². The molecule has 2 nitrogen and oxygen atoms in total. The van der Waals surface area contributed by atoms with Gasteiger partial charge in [0.1, 0.15) is 0 Å². The van der Waals surface area contributed by atoms with Crippen LogP contribution in [0.1, 0.15) is 51.9 Å². The molecule has 0 aromatic heterocycles. The number of nitrogens with zero attached hydrogens (tertiary/aromatic N) is 1. The minimum Gasteiger partial charge on any atom is -0.314 e. The topological polar surface area (TPSA) is 15.3 Å². The first kappa shape index (κ1) is 11.4. The molecule has 1 aliphatic heterocycles. The van der Waals surface area contributed by atoms with Crippen molar-refractivity contribution in [3.8, 4) is 0 Å². The average Bonchev–Trinajstić information content (AvgIpc) is 2.29. The smallest absolute Gasteiger partial charge is 0.0334 e. The summed E-state index contributed by atoms with van der Waals surface area (Å²) in [5.74, 6) is 0. The molecule has 1 spiro atoms. The van der Waals surface area contributed by atoms with Crippen LogP contribution in [0, 0.1) is 0 Å². The Morgan fingerprint density at radius 3 is 2.73 bits per heavy atom. The van der Waals surface area contributed by atoms with Crippen molar-refractivity contribution in [1.29, 1.82) is 0 Å². The van der Waals surface area contributed by atoms with E-state index >= 15 is 0 Å². The van der Waals surface area contributed by atoms with E-state index in [0.29, 0.717) is 5.54 Å². The van der Waals surface area contributed by atoms with E-state index in [9.17, 15) is 0 Å². The summed E-state index contributed by atoms with van der Waals surface area (Å²) in [6.45, 7) is 7.36. The highest BCUT2D eigenvalue weighted by Crippen LogP contribution is 2.34. The molecule has 0 amide bonds. The Labute approximate surface area is 94.4 Å². The number of nitrogens with one attached hydrogen (secondary N) is 1. The molecule has 1 N–H and O–H groups in total. The van der Waals surface area contributed by atoms with E-state index in [2.05, 4.69) is 17.1 Å². The number of hydrogen-bond acceptors (Lipinski definition) is 2. The number of unbranched alkanes of at least 4 members (excludes halogenated alkanes) is 1. The first-order valence-corrected chi connectivity index (χ1v) is 6.83. The Morgan fingerprint density at radius 2 is 2.00 bits per heavy atom. The molecule has 88 valence electrons. The van der Waals surface area contributed by atoms with Crippen molar-refractivity contribution < 1.29 is 0 Å². The molecule has 1 aliphatic carbocycles. The summed E-state index contributed by atoms with van der Waals surface area (Å²) in [5, 5.41) is 3.61. The van der Waals surface area contributed by atoms with Crippen molar-refractivity contribution >= 4 is 0 Å². The summed E-state index contributed by atoms with van der Waals surface area (Å²) >= 11 is 0. The van der Waals surface area contributed by atoms with Crippen LogP contribution >= 0.6 is 0 Å². The monoisotopic (exact) mass is 210 g/mol. The van der Waals surface area contributed by atoms with Gasteiger partial charge in [-0.3, -0.25) is 4.90 Å². The maximum Gasteiger partial charge on any atom is 0.0334 e. The lowest BCUT2D eigenvalue weighted by molar-refractivity contribution is 0.0267. The van der Waals surface area contributed by atoms with Gasteiger partial charge < -0.3 is 5.32 Å². The predicted octanol–water partition coefficient (Wildman–Crippen LogP) is 2.39. The Bertz CT molecular complexity index is 177. The molecule has 0 aromatic rings. The molecule has 15 heavy (non-hydrogen) atoms. The van der Waals surface area contributed by atoms with Gasteiger partial charge in [-0.1, -0.05) is 32.6 Å². The third-order valence-electron chi connectivity index (χ3n) is 4.25. The fourth-order valence-electron chi connectivity index (χ4n) is 3.28. The first-order valence-electron chi connectivity index (χ1n) is 6.83. The van der Waals surface area contributed by atoms with Crippen LogP contribution in [-0.4, -0.2) is 36.6 Å². The Kier molecular flexibility index (Phi) is 4.04. The highest BCUT2D eigenvalue weighted by atomic mass is 15.3. The number of rotatable bonds is 3. The standard InChI is InChI=1S/C13H26N2/c1-2-3-10-15-11-9-14-12-13(15)7-5-4-6-8-13/h14H,2-12H2,1H3. The summed E-state index contributed by atoms with van der Waals surface area (Å²) in [4.78, 5) is 2.80. The van der Waals surface area contributed by atoms with Crippen molar-refractivity contribution in [2.24, 2.45) is 0 Å². The van der Waals surface area contributed by atoms with Crippen molar-refractivity contribution in [2.45, 2.75) is 57.4 Å². The van der Waals surface area contributed by atoms with Gasteiger partial charge in [0.25, 0.3) is 0 Å². The third kappa shape index (κ3) is 2.54. The molecule has 2 aliphatic rings. The van der Waals surface area contributed by atoms with Gasteiger partial charge in [-0.2, -0.15) is 0 Å². The van der Waals surface area contributed by atoms with Gasteiger partial charge in [0.05, 0.1) is 0 Å². The normalized spacial score (nSPS) is 27.0. The van der Waals surface area contributed by atoms with Crippen LogP contribution < -0.4 is 5.32 Å². The molecule has 2 rings (SSSR count). The zero-order valence-corrected chi connectivity index (χ0v) is 10.2. The molecule has 2 heteroatoms. The van der Waals surface area contributed by atoms with E-state index in [4.69, 9.17) is 0 Å². The van der Waals surface area contributed by atoms with Gasteiger partial charge in [0, 0.05) is 25.2 Å². The second-order valence-corrected chi connectivity index (χ2v) is 5.30. The van der Waals surface area contributed by atoms with Gasteiger partial charge in [0.15, 0.2) is 0 Å². The van der Waals surface area contributed by atoms with E-state index in [0.717, 1.165) is 0 Å². The zero-order chi connectivity index (χ0) is 10.6. The minimum absolute atomic E-state index is 0.547. The lowest BCUT2D eigenvalue weighted by Gasteiger charge is -2.50. The summed E-state index contributed by atoms with van der Waals surface area (Å²) in [6.07, 6.45) is 9.94. The summed E-state index contributed by atoms with van der Waals surface area (Å²) in [7, 11) is 0. The van der Waals surface area contributed by atoms with Gasteiger partial charge in [0.2, 0.25) is 0 Å². The van der Waals surface area contributed by atoms with E-state index < -0.39 is 0 Å². The van der Waals surface area contributed by atoms with E-state index in [1.807, 2.05) is 0 Å². The van der Waals surface area contributed by atoms with E-state index in [1.165, 1.54) is 71.1 Å². The summed E-state index contributed by atoms with van der Waals surface area (Å²) in [5.41, 5.74) is 0.547. The summed E-state index contributed by atoms with van der Waals surface area (Å²) in [6, 6.07) is 0. The Balaban J connectivity index is 1.97. The third-order valence-corrected chi connectivity index (χ3v) is 4.25. The zero-order valence-electron chi connectivity index (χ0n) is 10.2. The molecule has 0 bridgehead atoms. The molecule has 1 heterocycles. The Morgan fingerprint density at radius 1 is 1.20 bits per heavy atom. The van der Waals surface area contributed by atoms with E-state index in [1.54, 1.807) is 0 Å². The molecule has 0 unspecified atom stereocenters. The van der Waals surface area contributed by atoms with Crippen LogP contribution in [0.4, 0.5) is 0 Å². The lowest BCUT2D eigenvalue weighted by atomic mass is 9.79. The first-order chi connectivity index (χ1) is 7.37. The largest absolute Gasteiger partial charge is 0.314 e. The molecule has 0 radical (unpaired) electrons. The van der Waals surface area contributed by atoms with Crippen molar-refractivity contribution in [3.05, 3.63) is 0 Å². The summed E-state index contributed by atoms with van der Waals surface area (Å²) < 4.78 is 0. The van der Waals surface area contributed by atoms with Gasteiger partial charge in [-0.15, -0.1) is 0 Å². The maximum absolute atomic E-state index is 3.61. The minimum atomic E-state index is 0.547. The lowest BCUT2D eigenvalue weighted by Crippen LogP contribution is -2.62. The molecule has 0 aromatic carbocycles. The molecular formula is C13H26N2. The van der Waals surface area contributed by atoms with Crippen molar-refractivity contribution in [2.75, 3.05) is 26.2 Å². The highest BCUT2D eigenvalue weighted by molar-refractivity contribution is 4.97. The van der Waals surface area contributed by atoms with E-state index in [-0.39, 0.29) is 0 Å². The van der Waals surface area contributed by atoms with Crippen LogP contribution in [0.15, 0.2) is 0 Å². The van der Waals surface area contributed by atoms with Gasteiger partial charge in [-0.25, -0.2) is 0 Å². The van der Waals surface area contributed by atoms with Crippen LogP contribution in [0.3, 0.4) is 0 Å². The molecule has 1 saturated carbocycles. The molecule has 1 saturated heterocycles. The van der Waals surface area contributed by atoms with Crippen LogP contribution in [0.25, 0.3) is 0 Å². The second kappa shape index (κ2) is 5.31. The van der Waals surface area contributed by atoms with Crippen LogP contribution in [0.5, 0.6) is 0 Å². The number of piperazine rings is 1. The van der Waals surface area contributed by atoms with Crippen molar-refractivity contribution in [3.63, 3.8) is 0 Å². The fourth-order valence-corrected chi connectivity index (χ4v) is 3.28. The van der Waals surface area contributed by atoms with Crippen molar-refractivity contribution in [1.82, 2.24) is 10.2 Å². The SMILES string of the molecule is CCCCN1CCNCC12CCCCC2. The Hall–Kier alpha value is -0.0800. The predicted molar refractivity (Wildman–Crippen MR) is 65.2 cm³/mol. The van der Waals surface area contributed by atoms with Crippen LogP contribution in [-0.2, 0) is 0 Å². The number of hydrogen-bond donors (Lipinski definition) is 1. The molecule has 2 fully saturated rings. The second-order valence-electron chi connectivity index (χ2n) is 5.30. The van der Waals surface area contributed by atoms with Gasteiger partial charge in [-0.05, 0) is 25.8 Å². The highest BCUT2D eigenvalue weighted by Gasteiger charge is 2.38.